The van der Waals surface area contributed by atoms with E-state index in [-0.39, 0.29) is 24.0 Å². The summed E-state index contributed by atoms with van der Waals surface area (Å²) in [4.78, 5) is 38.5. The number of hydrogen-bond donors (Lipinski definition) is 1. The molecule has 6 nitrogen and oxygen atoms in total. The lowest BCUT2D eigenvalue weighted by Gasteiger charge is -2.26. The Kier molecular flexibility index (Phi) is 4.32. The van der Waals surface area contributed by atoms with Crippen LogP contribution in [-0.2, 0) is 4.79 Å². The largest absolute Gasteiger partial charge is 0.478 e. The second-order valence-electron chi connectivity index (χ2n) is 6.25. The summed E-state index contributed by atoms with van der Waals surface area (Å²) in [5.41, 5.74) is 0.389. The van der Waals surface area contributed by atoms with E-state index in [2.05, 4.69) is 0 Å². The van der Waals surface area contributed by atoms with Crippen LogP contribution in [0, 0.1) is 5.92 Å². The molecule has 0 radical (unpaired) electrons. The number of benzene rings is 1. The minimum absolute atomic E-state index is 0.0637. The van der Waals surface area contributed by atoms with Gasteiger partial charge in [0, 0.05) is 6.54 Å². The number of rotatable bonds is 4. The van der Waals surface area contributed by atoms with Gasteiger partial charge in [0.1, 0.15) is 6.54 Å². The monoisotopic (exact) mass is 316 g/mol. The van der Waals surface area contributed by atoms with Crippen LogP contribution in [-0.4, -0.2) is 41.0 Å². The zero-order chi connectivity index (χ0) is 16.4. The second kappa shape index (κ2) is 6.40. The van der Waals surface area contributed by atoms with Gasteiger partial charge in [-0.25, -0.2) is 14.5 Å². The van der Waals surface area contributed by atoms with E-state index in [1.807, 2.05) is 0 Å². The van der Waals surface area contributed by atoms with Crippen molar-refractivity contribution in [1.82, 2.24) is 4.90 Å². The number of amides is 3. The molecule has 1 N–H and O–H groups in total. The predicted molar refractivity (Wildman–Crippen MR) is 84.4 cm³/mol. The van der Waals surface area contributed by atoms with E-state index in [0.29, 0.717) is 18.2 Å². The first-order chi connectivity index (χ1) is 11.1. The highest BCUT2D eigenvalue weighted by Crippen LogP contribution is 2.28. The molecule has 1 saturated heterocycles. The number of carbonyl (C=O) groups is 3. The Morgan fingerprint density at radius 1 is 1.17 bits per heavy atom. The Hall–Kier alpha value is -2.37. The quantitative estimate of drug-likeness (QED) is 0.866. The van der Waals surface area contributed by atoms with E-state index in [1.54, 1.807) is 17.0 Å². The number of anilines is 1. The number of carboxylic acids is 1. The molecule has 3 rings (SSSR count). The fourth-order valence-electron chi connectivity index (χ4n) is 3.41. The third-order valence-electron chi connectivity index (χ3n) is 4.59. The third kappa shape index (κ3) is 3.21. The van der Waals surface area contributed by atoms with Gasteiger partial charge in [-0.1, -0.05) is 25.3 Å². The van der Waals surface area contributed by atoms with E-state index in [9.17, 15) is 14.4 Å². The highest BCUT2D eigenvalue weighted by molar-refractivity contribution is 6.20. The highest BCUT2D eigenvalue weighted by Gasteiger charge is 2.38. The maximum absolute atomic E-state index is 12.6. The smallest absolute Gasteiger partial charge is 0.335 e. The normalized spacial score (nSPS) is 19.5. The number of aromatic carboxylic acids is 1. The molecule has 23 heavy (non-hydrogen) atoms. The van der Waals surface area contributed by atoms with Gasteiger partial charge >= 0.3 is 12.0 Å². The summed E-state index contributed by atoms with van der Waals surface area (Å²) in [6.07, 6.45) is 5.83. The van der Waals surface area contributed by atoms with Gasteiger partial charge in [-0.2, -0.15) is 0 Å². The molecule has 1 heterocycles. The fraction of sp³-hybridized carbons (Fsp3) is 0.471. The van der Waals surface area contributed by atoms with Crippen LogP contribution in [0.15, 0.2) is 24.3 Å². The molecule has 0 spiro atoms. The SMILES string of the molecule is O=C(O)c1cccc(N2C(=O)CN(CC3CCCCC3)C2=O)c1. The Labute approximate surface area is 134 Å². The van der Waals surface area contributed by atoms with Crippen LogP contribution < -0.4 is 4.90 Å². The maximum Gasteiger partial charge on any atom is 0.335 e. The molecule has 1 saturated carbocycles. The summed E-state index contributed by atoms with van der Waals surface area (Å²) in [6, 6.07) is 5.59. The van der Waals surface area contributed by atoms with Crippen LogP contribution in [0.3, 0.4) is 0 Å². The van der Waals surface area contributed by atoms with Crippen molar-refractivity contribution in [2.45, 2.75) is 32.1 Å². The standard InChI is InChI=1S/C17H20N2O4/c20-15-11-18(10-12-5-2-1-3-6-12)17(23)19(15)14-8-4-7-13(9-14)16(21)22/h4,7-9,12H,1-3,5-6,10-11H2,(H,21,22). The first-order valence-corrected chi connectivity index (χ1v) is 8.01. The van der Waals surface area contributed by atoms with Gasteiger partial charge < -0.3 is 10.0 Å². The van der Waals surface area contributed by atoms with Gasteiger partial charge in [-0.05, 0) is 37.0 Å². The number of nitrogens with zero attached hydrogens (tertiary/aromatic N) is 2. The van der Waals surface area contributed by atoms with Crippen molar-refractivity contribution in [3.8, 4) is 0 Å². The van der Waals surface area contributed by atoms with Crippen molar-refractivity contribution in [2.24, 2.45) is 5.92 Å². The molecule has 2 aliphatic rings. The Morgan fingerprint density at radius 3 is 2.61 bits per heavy atom. The fourth-order valence-corrected chi connectivity index (χ4v) is 3.41. The van der Waals surface area contributed by atoms with Gasteiger partial charge in [0.25, 0.3) is 5.91 Å². The van der Waals surface area contributed by atoms with E-state index in [0.717, 1.165) is 17.7 Å². The van der Waals surface area contributed by atoms with Gasteiger partial charge in [0.2, 0.25) is 0 Å². The molecular formula is C17H20N2O4. The van der Waals surface area contributed by atoms with Crippen molar-refractivity contribution in [3.05, 3.63) is 29.8 Å². The second-order valence-corrected chi connectivity index (χ2v) is 6.25. The van der Waals surface area contributed by atoms with E-state index < -0.39 is 5.97 Å². The molecule has 0 bridgehead atoms. The molecule has 0 atom stereocenters. The van der Waals surface area contributed by atoms with Crippen LogP contribution in [0.5, 0.6) is 0 Å². The molecule has 1 aliphatic heterocycles. The third-order valence-corrected chi connectivity index (χ3v) is 4.59. The topological polar surface area (TPSA) is 77.9 Å². The summed E-state index contributed by atoms with van der Waals surface area (Å²) in [7, 11) is 0. The highest BCUT2D eigenvalue weighted by atomic mass is 16.4. The number of imide groups is 1. The molecule has 122 valence electrons. The van der Waals surface area contributed by atoms with Crippen molar-refractivity contribution in [2.75, 3.05) is 18.0 Å². The number of carboxylic acid groups (broad SMARTS) is 1. The summed E-state index contributed by atoms with van der Waals surface area (Å²) in [5.74, 6) is -0.913. The number of urea groups is 1. The van der Waals surface area contributed by atoms with Gasteiger partial charge in [-0.15, -0.1) is 0 Å². The van der Waals surface area contributed by atoms with Crippen LogP contribution in [0.2, 0.25) is 0 Å². The van der Waals surface area contributed by atoms with Crippen LogP contribution in [0.4, 0.5) is 10.5 Å². The van der Waals surface area contributed by atoms with Gasteiger partial charge in [0.05, 0.1) is 11.3 Å². The van der Waals surface area contributed by atoms with Crippen molar-refractivity contribution >= 4 is 23.6 Å². The zero-order valence-corrected chi connectivity index (χ0v) is 12.9. The van der Waals surface area contributed by atoms with Crippen molar-refractivity contribution in [3.63, 3.8) is 0 Å². The van der Waals surface area contributed by atoms with Crippen LogP contribution in [0.1, 0.15) is 42.5 Å². The first kappa shape index (κ1) is 15.5. The summed E-state index contributed by atoms with van der Waals surface area (Å²) >= 11 is 0. The summed E-state index contributed by atoms with van der Waals surface area (Å²) in [6.45, 7) is 0.687. The number of carbonyl (C=O) groups excluding carboxylic acids is 2. The Morgan fingerprint density at radius 2 is 1.91 bits per heavy atom. The molecule has 2 fully saturated rings. The predicted octanol–water partition coefficient (Wildman–Crippen LogP) is 2.73. The summed E-state index contributed by atoms with van der Waals surface area (Å²) < 4.78 is 0. The van der Waals surface area contributed by atoms with Gasteiger partial charge in [0.15, 0.2) is 0 Å². The average molecular weight is 316 g/mol. The minimum atomic E-state index is -1.08. The van der Waals surface area contributed by atoms with Crippen LogP contribution >= 0.6 is 0 Å². The van der Waals surface area contributed by atoms with Crippen LogP contribution in [0.25, 0.3) is 0 Å². The molecule has 3 amide bonds. The average Bonchev–Trinajstić information content (AvgIpc) is 2.82. The first-order valence-electron chi connectivity index (χ1n) is 8.01. The minimum Gasteiger partial charge on any atom is -0.478 e. The molecule has 0 aromatic heterocycles. The Bertz CT molecular complexity index is 637. The molecule has 0 unspecified atom stereocenters. The lowest BCUT2D eigenvalue weighted by molar-refractivity contribution is -0.116. The molecule has 6 heteroatoms. The van der Waals surface area contributed by atoms with Gasteiger partial charge in [-0.3, -0.25) is 4.79 Å². The van der Waals surface area contributed by atoms with E-state index in [4.69, 9.17) is 5.11 Å². The lowest BCUT2D eigenvalue weighted by atomic mass is 9.89. The van der Waals surface area contributed by atoms with E-state index in [1.165, 1.54) is 31.4 Å². The van der Waals surface area contributed by atoms with Crippen molar-refractivity contribution in [1.29, 1.82) is 0 Å². The van der Waals surface area contributed by atoms with E-state index >= 15 is 0 Å². The lowest BCUT2D eigenvalue weighted by Crippen LogP contribution is -2.36. The zero-order valence-electron chi connectivity index (χ0n) is 12.9. The van der Waals surface area contributed by atoms with Crippen molar-refractivity contribution < 1.29 is 19.5 Å². The Balaban J connectivity index is 1.75. The molecule has 1 aliphatic carbocycles. The summed E-state index contributed by atoms with van der Waals surface area (Å²) in [5, 5.41) is 9.05. The molecule has 1 aromatic carbocycles. The number of hydrogen-bond acceptors (Lipinski definition) is 3. The molecule has 1 aromatic rings. The maximum atomic E-state index is 12.6. The molecular weight excluding hydrogens is 296 g/mol.